The number of esters is 1. The van der Waals surface area contributed by atoms with Crippen molar-refractivity contribution in [3.63, 3.8) is 0 Å². The Morgan fingerprint density at radius 2 is 2.21 bits per heavy atom. The van der Waals surface area contributed by atoms with E-state index in [1.54, 1.807) is 13.4 Å². The van der Waals surface area contributed by atoms with Gasteiger partial charge in [-0.2, -0.15) is 0 Å². The molecule has 0 amide bonds. The molecule has 0 aliphatic heterocycles. The molecule has 0 radical (unpaired) electrons. The summed E-state index contributed by atoms with van der Waals surface area (Å²) in [7, 11) is 3.04. The number of hydrogen-bond acceptors (Lipinski definition) is 5. The lowest BCUT2D eigenvalue weighted by molar-refractivity contribution is -0.139. The van der Waals surface area contributed by atoms with Crippen LogP contribution in [0.25, 0.3) is 11.0 Å². The number of hydrogen-bond donors (Lipinski definition) is 1. The molecule has 0 spiro atoms. The van der Waals surface area contributed by atoms with Crippen molar-refractivity contribution in [3.8, 4) is 0 Å². The van der Waals surface area contributed by atoms with E-state index in [0.717, 1.165) is 28.8 Å². The van der Waals surface area contributed by atoms with E-state index in [-0.39, 0.29) is 12.4 Å². The van der Waals surface area contributed by atoms with Gasteiger partial charge in [-0.05, 0) is 12.1 Å². The van der Waals surface area contributed by atoms with Crippen molar-refractivity contribution >= 4 is 22.6 Å². The van der Waals surface area contributed by atoms with Gasteiger partial charge in [-0.1, -0.05) is 0 Å². The second-order valence-electron chi connectivity index (χ2n) is 4.14. The second-order valence-corrected chi connectivity index (χ2v) is 4.14. The fourth-order valence-electron chi connectivity index (χ4n) is 1.86. The molecule has 0 saturated carbocycles. The van der Waals surface area contributed by atoms with Gasteiger partial charge in [0.15, 0.2) is 0 Å². The summed E-state index contributed by atoms with van der Waals surface area (Å²) in [5, 5.41) is 4.16. The molecule has 0 fully saturated rings. The Morgan fingerprint density at radius 1 is 1.37 bits per heavy atom. The first-order valence-corrected chi connectivity index (χ1v) is 6.04. The van der Waals surface area contributed by atoms with Gasteiger partial charge in [-0.15, -0.1) is 0 Å². The van der Waals surface area contributed by atoms with Crippen LogP contribution in [0.5, 0.6) is 0 Å². The summed E-state index contributed by atoms with van der Waals surface area (Å²) in [5.74, 6) is -0.273. The van der Waals surface area contributed by atoms with Gasteiger partial charge in [0.05, 0.1) is 26.4 Å². The molecule has 0 aliphatic carbocycles. The highest BCUT2D eigenvalue weighted by atomic mass is 16.5. The van der Waals surface area contributed by atoms with Crippen molar-refractivity contribution in [2.75, 3.05) is 32.7 Å². The minimum absolute atomic E-state index is 0.222. The zero-order chi connectivity index (χ0) is 13.7. The van der Waals surface area contributed by atoms with Crippen LogP contribution in [0, 0.1) is 0 Å². The average Bonchev–Trinajstić information content (AvgIpc) is 2.81. The van der Waals surface area contributed by atoms with E-state index in [1.165, 1.54) is 7.11 Å². The van der Waals surface area contributed by atoms with E-state index in [2.05, 4.69) is 10.1 Å². The molecule has 1 N–H and O–H groups in total. The number of fused-ring (bicyclic) bond motifs is 1. The monoisotopic (exact) mass is 263 g/mol. The van der Waals surface area contributed by atoms with Crippen LogP contribution in [0.4, 0.5) is 5.69 Å². The number of anilines is 1. The third-order valence-electron chi connectivity index (χ3n) is 2.85. The fraction of sp³-hybridized carbons (Fsp3) is 0.357. The van der Waals surface area contributed by atoms with Crippen molar-refractivity contribution in [2.45, 2.75) is 6.42 Å². The van der Waals surface area contributed by atoms with E-state index >= 15 is 0 Å². The van der Waals surface area contributed by atoms with Crippen LogP contribution in [0.2, 0.25) is 0 Å². The minimum atomic E-state index is -0.273. The zero-order valence-corrected chi connectivity index (χ0v) is 11.1. The molecule has 102 valence electrons. The number of benzene rings is 1. The number of nitrogens with one attached hydrogen (secondary N) is 1. The number of ether oxygens (including phenoxy) is 2. The summed E-state index contributed by atoms with van der Waals surface area (Å²) < 4.78 is 15.1. The molecule has 1 heterocycles. The van der Waals surface area contributed by atoms with Gasteiger partial charge in [0.1, 0.15) is 5.58 Å². The standard InChI is InChI=1S/C14H17NO4/c1-17-6-5-15-11-3-4-12-10(7-14(16)18-2)9-19-13(12)8-11/h3-4,8-9,15H,5-7H2,1-2H3. The number of furan rings is 1. The van der Waals surface area contributed by atoms with Crippen LogP contribution in [0.1, 0.15) is 5.56 Å². The smallest absolute Gasteiger partial charge is 0.310 e. The van der Waals surface area contributed by atoms with Crippen LogP contribution >= 0.6 is 0 Å². The lowest BCUT2D eigenvalue weighted by Gasteiger charge is -2.05. The summed E-state index contributed by atoms with van der Waals surface area (Å²) in [6.45, 7) is 1.38. The van der Waals surface area contributed by atoms with E-state index in [0.29, 0.717) is 6.61 Å². The Labute approximate surface area is 111 Å². The quantitative estimate of drug-likeness (QED) is 0.639. The highest BCUT2D eigenvalue weighted by Gasteiger charge is 2.10. The molecular weight excluding hydrogens is 246 g/mol. The number of carbonyl (C=O) groups excluding carboxylic acids is 1. The highest BCUT2D eigenvalue weighted by molar-refractivity contribution is 5.87. The molecule has 2 rings (SSSR count). The lowest BCUT2D eigenvalue weighted by atomic mass is 10.1. The molecular formula is C14H17NO4. The number of methoxy groups -OCH3 is 2. The van der Waals surface area contributed by atoms with Crippen molar-refractivity contribution in [3.05, 3.63) is 30.0 Å². The van der Waals surface area contributed by atoms with Crippen molar-refractivity contribution in [2.24, 2.45) is 0 Å². The minimum Gasteiger partial charge on any atom is -0.469 e. The van der Waals surface area contributed by atoms with Gasteiger partial charge >= 0.3 is 5.97 Å². The van der Waals surface area contributed by atoms with Crippen LogP contribution in [-0.2, 0) is 20.7 Å². The van der Waals surface area contributed by atoms with Crippen LogP contribution < -0.4 is 5.32 Å². The Bertz CT molecular complexity index is 562. The highest BCUT2D eigenvalue weighted by Crippen LogP contribution is 2.25. The van der Waals surface area contributed by atoms with Gasteiger partial charge in [-0.3, -0.25) is 4.79 Å². The van der Waals surface area contributed by atoms with E-state index in [9.17, 15) is 4.79 Å². The summed E-state index contributed by atoms with van der Waals surface area (Å²) in [6, 6.07) is 5.80. The van der Waals surface area contributed by atoms with Crippen molar-refractivity contribution < 1.29 is 18.7 Å². The topological polar surface area (TPSA) is 60.7 Å². The Kier molecular flexibility index (Phi) is 4.41. The van der Waals surface area contributed by atoms with Gasteiger partial charge in [-0.25, -0.2) is 0 Å². The van der Waals surface area contributed by atoms with Crippen LogP contribution in [0.3, 0.4) is 0 Å². The second kappa shape index (κ2) is 6.24. The van der Waals surface area contributed by atoms with Crippen LogP contribution in [0.15, 0.2) is 28.9 Å². The van der Waals surface area contributed by atoms with Gasteiger partial charge in [0.25, 0.3) is 0 Å². The van der Waals surface area contributed by atoms with Gasteiger partial charge in [0, 0.05) is 36.4 Å². The Morgan fingerprint density at radius 3 is 2.95 bits per heavy atom. The predicted octanol–water partition coefficient (Wildman–Crippen LogP) is 2.21. The van der Waals surface area contributed by atoms with E-state index in [1.807, 2.05) is 18.2 Å². The molecule has 0 atom stereocenters. The first-order valence-electron chi connectivity index (χ1n) is 6.04. The first-order chi connectivity index (χ1) is 9.24. The van der Waals surface area contributed by atoms with Gasteiger partial charge in [0.2, 0.25) is 0 Å². The zero-order valence-electron chi connectivity index (χ0n) is 11.1. The normalized spacial score (nSPS) is 10.6. The molecule has 0 saturated heterocycles. The lowest BCUT2D eigenvalue weighted by Crippen LogP contribution is -2.07. The van der Waals surface area contributed by atoms with Crippen LogP contribution in [-0.4, -0.2) is 33.3 Å². The van der Waals surface area contributed by atoms with Crippen molar-refractivity contribution in [1.29, 1.82) is 0 Å². The largest absolute Gasteiger partial charge is 0.469 e. The summed E-state index contributed by atoms with van der Waals surface area (Å²) >= 11 is 0. The molecule has 1 aromatic heterocycles. The Hall–Kier alpha value is -2.01. The molecule has 5 heteroatoms. The molecule has 19 heavy (non-hydrogen) atoms. The molecule has 5 nitrogen and oxygen atoms in total. The predicted molar refractivity (Wildman–Crippen MR) is 72.3 cm³/mol. The first kappa shape index (κ1) is 13.4. The Balaban J connectivity index is 2.14. The summed E-state index contributed by atoms with van der Waals surface area (Å²) in [4.78, 5) is 11.3. The number of rotatable bonds is 6. The molecule has 1 aromatic carbocycles. The maximum atomic E-state index is 11.3. The average molecular weight is 263 g/mol. The van der Waals surface area contributed by atoms with Gasteiger partial charge < -0.3 is 19.2 Å². The summed E-state index contributed by atoms with van der Waals surface area (Å²) in [5.41, 5.74) is 2.55. The number of carbonyl (C=O) groups is 1. The van der Waals surface area contributed by atoms with Crippen molar-refractivity contribution in [1.82, 2.24) is 0 Å². The van der Waals surface area contributed by atoms with E-state index < -0.39 is 0 Å². The fourth-order valence-corrected chi connectivity index (χ4v) is 1.86. The molecule has 0 aliphatic rings. The SMILES string of the molecule is COCCNc1ccc2c(CC(=O)OC)coc2c1. The molecule has 0 bridgehead atoms. The van der Waals surface area contributed by atoms with E-state index in [4.69, 9.17) is 9.15 Å². The third-order valence-corrected chi connectivity index (χ3v) is 2.85. The molecule has 2 aromatic rings. The maximum Gasteiger partial charge on any atom is 0.310 e. The maximum absolute atomic E-state index is 11.3. The summed E-state index contributed by atoms with van der Waals surface area (Å²) in [6.07, 6.45) is 1.82. The molecule has 0 unspecified atom stereocenters. The third kappa shape index (κ3) is 3.26.